The van der Waals surface area contributed by atoms with Crippen LogP contribution in [0.2, 0.25) is 0 Å². The Bertz CT molecular complexity index is 276. The third-order valence-electron chi connectivity index (χ3n) is 3.22. The molecular formula is C12H25NaO8S. The number of hydrogen-bond acceptors (Lipinski definition) is 9. The van der Waals surface area contributed by atoms with Crippen LogP contribution in [-0.4, -0.2) is 58.4 Å². The molecule has 6 atom stereocenters. The molecule has 3 N–H and O–H groups in total. The molecule has 0 spiro atoms. The van der Waals surface area contributed by atoms with Crippen LogP contribution in [0.15, 0.2) is 0 Å². The first kappa shape index (κ1) is 25.3. The van der Waals surface area contributed by atoms with Crippen molar-refractivity contribution in [3.8, 4) is 0 Å². The molecule has 0 saturated carbocycles. The van der Waals surface area contributed by atoms with Gasteiger partial charge >= 0.3 is 29.6 Å². The fourth-order valence-corrected chi connectivity index (χ4v) is 2.19. The van der Waals surface area contributed by atoms with E-state index in [4.69, 9.17) is 9.47 Å². The molecule has 22 heavy (non-hydrogen) atoms. The summed E-state index contributed by atoms with van der Waals surface area (Å²) in [6, 6.07) is 0. The molecule has 8 nitrogen and oxygen atoms in total. The van der Waals surface area contributed by atoms with E-state index in [1.807, 2.05) is 13.8 Å². The summed E-state index contributed by atoms with van der Waals surface area (Å²) in [6.07, 6.45) is -5.04. The molecule has 0 aromatic carbocycles. The van der Waals surface area contributed by atoms with E-state index in [1.54, 1.807) is 0 Å². The van der Waals surface area contributed by atoms with Gasteiger partial charge in [-0.2, -0.15) is 4.33 Å². The Morgan fingerprint density at radius 3 is 2.41 bits per heavy atom. The van der Waals surface area contributed by atoms with Crippen LogP contribution in [-0.2, 0) is 18.8 Å². The summed E-state index contributed by atoms with van der Waals surface area (Å²) in [4.78, 5) is 0. The topological polar surface area (TPSA) is 121 Å². The van der Waals surface area contributed by atoms with Gasteiger partial charge in [-0.05, 0) is 5.92 Å². The summed E-state index contributed by atoms with van der Waals surface area (Å²) in [5, 5.41) is 42.2. The number of hydrogen-bond donors (Lipinski definition) is 3. The number of aliphatic hydroxyl groups excluding tert-OH is 3. The summed E-state index contributed by atoms with van der Waals surface area (Å²) in [6.45, 7) is 4.35. The van der Waals surface area contributed by atoms with E-state index in [0.717, 1.165) is 6.42 Å². The minimum Gasteiger partial charge on any atom is -0.691 e. The van der Waals surface area contributed by atoms with Crippen molar-refractivity contribution < 1.29 is 69.0 Å². The van der Waals surface area contributed by atoms with Crippen molar-refractivity contribution in [3.05, 3.63) is 0 Å². The zero-order valence-electron chi connectivity index (χ0n) is 12.4. The van der Waals surface area contributed by atoms with Gasteiger partial charge < -0.3 is 30.1 Å². The molecule has 1 rings (SSSR count). The van der Waals surface area contributed by atoms with Crippen molar-refractivity contribution in [1.82, 2.24) is 0 Å². The molecule has 0 aromatic heterocycles. The Balaban J connectivity index is 0. The van der Waals surface area contributed by atoms with Crippen molar-refractivity contribution in [1.29, 1.82) is 0 Å². The van der Waals surface area contributed by atoms with Gasteiger partial charge in [0, 0.05) is 12.0 Å². The summed E-state index contributed by atoms with van der Waals surface area (Å²) in [7, 11) is 0. The number of rotatable bonds is 8. The largest absolute Gasteiger partial charge is 1.00 e. The SMILES string of the molecule is C.CCC(C)COC1OC(CSOO[O-])C(O)C(O)C1O.[Na+]. The van der Waals surface area contributed by atoms with Gasteiger partial charge in [0.1, 0.15) is 24.4 Å². The average Bonchev–Trinajstić information content (AvgIpc) is 2.45. The molecule has 0 bridgehead atoms. The second-order valence-corrected chi connectivity index (χ2v) is 5.49. The monoisotopic (exact) mass is 352 g/mol. The first-order chi connectivity index (χ1) is 9.51. The smallest absolute Gasteiger partial charge is 0.691 e. The van der Waals surface area contributed by atoms with Crippen LogP contribution in [0.25, 0.3) is 0 Å². The third kappa shape index (κ3) is 7.73. The zero-order valence-corrected chi connectivity index (χ0v) is 15.2. The van der Waals surface area contributed by atoms with Crippen LogP contribution < -0.4 is 34.8 Å². The molecule has 1 heterocycles. The van der Waals surface area contributed by atoms with Gasteiger partial charge in [0.15, 0.2) is 6.29 Å². The van der Waals surface area contributed by atoms with Gasteiger partial charge in [-0.3, -0.25) is 5.04 Å². The molecule has 1 aliphatic heterocycles. The van der Waals surface area contributed by atoms with Gasteiger partial charge in [-0.25, -0.2) is 0 Å². The van der Waals surface area contributed by atoms with Crippen LogP contribution in [0, 0.1) is 5.92 Å². The molecular weight excluding hydrogens is 327 g/mol. The Labute approximate surface area is 157 Å². The minimum absolute atomic E-state index is 0. The molecule has 6 unspecified atom stereocenters. The Morgan fingerprint density at radius 1 is 1.23 bits per heavy atom. The first-order valence-corrected chi connectivity index (χ1v) is 7.31. The summed E-state index contributed by atoms with van der Waals surface area (Å²) >= 11 is 0.630. The molecule has 0 aromatic rings. The molecule has 1 fully saturated rings. The maximum Gasteiger partial charge on any atom is 1.00 e. The molecule has 10 heteroatoms. The van der Waals surface area contributed by atoms with Gasteiger partial charge in [0.05, 0.1) is 12.4 Å². The fourth-order valence-electron chi connectivity index (χ4n) is 1.68. The molecule has 0 amide bonds. The van der Waals surface area contributed by atoms with E-state index >= 15 is 0 Å². The summed E-state index contributed by atoms with van der Waals surface area (Å²) in [5.41, 5.74) is 0. The van der Waals surface area contributed by atoms with Crippen molar-refractivity contribution in [2.75, 3.05) is 12.4 Å². The van der Waals surface area contributed by atoms with E-state index in [1.165, 1.54) is 0 Å². The number of ether oxygens (including phenoxy) is 2. The average molecular weight is 352 g/mol. The molecule has 128 valence electrons. The van der Waals surface area contributed by atoms with Gasteiger partial charge in [0.2, 0.25) is 0 Å². The molecule has 0 aliphatic carbocycles. The van der Waals surface area contributed by atoms with Crippen LogP contribution in [0.3, 0.4) is 0 Å². The van der Waals surface area contributed by atoms with Gasteiger partial charge in [-0.15, -0.1) is 0 Å². The van der Waals surface area contributed by atoms with E-state index in [2.05, 4.69) is 9.37 Å². The molecule has 0 radical (unpaired) electrons. The van der Waals surface area contributed by atoms with Gasteiger partial charge in [-0.1, -0.05) is 27.7 Å². The first-order valence-electron chi connectivity index (χ1n) is 6.40. The Morgan fingerprint density at radius 2 is 1.86 bits per heavy atom. The second-order valence-electron chi connectivity index (χ2n) is 4.78. The van der Waals surface area contributed by atoms with Crippen molar-refractivity contribution in [2.45, 2.75) is 58.4 Å². The second kappa shape index (κ2) is 13.3. The van der Waals surface area contributed by atoms with Crippen LogP contribution >= 0.6 is 12.0 Å². The van der Waals surface area contributed by atoms with Crippen LogP contribution in [0.4, 0.5) is 0 Å². The minimum atomic E-state index is -1.40. The van der Waals surface area contributed by atoms with E-state index in [9.17, 15) is 20.6 Å². The van der Waals surface area contributed by atoms with Crippen LogP contribution in [0.5, 0.6) is 0 Å². The molecule has 1 saturated heterocycles. The van der Waals surface area contributed by atoms with Crippen molar-refractivity contribution in [2.24, 2.45) is 5.92 Å². The third-order valence-corrected chi connectivity index (χ3v) is 3.84. The van der Waals surface area contributed by atoms with E-state index < -0.39 is 30.7 Å². The maximum absolute atomic E-state index is 9.81. The maximum atomic E-state index is 9.81. The Hall–Kier alpha value is 1.03. The predicted molar refractivity (Wildman–Crippen MR) is 73.4 cm³/mol. The van der Waals surface area contributed by atoms with Crippen molar-refractivity contribution >= 4 is 12.0 Å². The Kier molecular flexibility index (Phi) is 15.3. The van der Waals surface area contributed by atoms with Gasteiger partial charge in [0.25, 0.3) is 0 Å². The quantitative estimate of drug-likeness (QED) is 0.134. The number of aliphatic hydroxyl groups is 3. The summed E-state index contributed by atoms with van der Waals surface area (Å²) < 4.78 is 14.9. The van der Waals surface area contributed by atoms with Crippen LogP contribution in [0.1, 0.15) is 27.7 Å². The van der Waals surface area contributed by atoms with Crippen molar-refractivity contribution in [3.63, 3.8) is 0 Å². The zero-order chi connectivity index (χ0) is 15.1. The normalized spacial score (nSPS) is 32.7. The fraction of sp³-hybridized carbons (Fsp3) is 1.00. The van der Waals surface area contributed by atoms with E-state index in [-0.39, 0.29) is 48.7 Å². The molecule has 1 aliphatic rings. The standard InChI is InChI=1S/C11H22O8S.CH4.Na/c1-3-6(2)4-16-11-10(14)9(13)8(12)7(17-11)5-20-19-18-15;;/h6-15H,3-5H2,1-2H3;1H4;/q;;+1/p-1. The van der Waals surface area contributed by atoms with E-state index in [0.29, 0.717) is 18.6 Å². The predicted octanol–water partition coefficient (Wildman–Crippen LogP) is -3.63. The summed E-state index contributed by atoms with van der Waals surface area (Å²) in [5.74, 6) is 0.316.